The van der Waals surface area contributed by atoms with Crippen LogP contribution >= 0.6 is 0 Å². The van der Waals surface area contributed by atoms with Crippen LogP contribution in [-0.4, -0.2) is 71.5 Å². The number of piperazine rings is 1. The van der Waals surface area contributed by atoms with E-state index >= 15 is 0 Å². The van der Waals surface area contributed by atoms with Gasteiger partial charge >= 0.3 is 0 Å². The van der Waals surface area contributed by atoms with Crippen LogP contribution in [0.2, 0.25) is 0 Å². The van der Waals surface area contributed by atoms with Crippen molar-refractivity contribution in [3.8, 4) is 6.07 Å². The number of para-hydroxylation sites is 1. The van der Waals surface area contributed by atoms with Gasteiger partial charge in [0.2, 0.25) is 0 Å². The van der Waals surface area contributed by atoms with Crippen LogP contribution in [0, 0.1) is 32.1 Å². The fourth-order valence-electron chi connectivity index (χ4n) is 6.08. The SMILES string of the molecule is Cc1cccc(N2CCN(C(O)c3cc(NC4CCN(c5ccccc5C#N)CC4)c(C)cc3C)CC2CO)n1. The lowest BCUT2D eigenvalue weighted by molar-refractivity contribution is -0.0150. The van der Waals surface area contributed by atoms with E-state index in [2.05, 4.69) is 57.0 Å². The number of anilines is 3. The molecule has 0 amide bonds. The number of nitrogens with one attached hydrogen (secondary N) is 1. The number of aromatic nitrogens is 1. The number of nitriles is 1. The van der Waals surface area contributed by atoms with Crippen LogP contribution in [0.1, 0.15) is 47.0 Å². The Morgan fingerprint density at radius 2 is 1.77 bits per heavy atom. The van der Waals surface area contributed by atoms with Gasteiger partial charge in [-0.1, -0.05) is 24.3 Å². The van der Waals surface area contributed by atoms with E-state index in [-0.39, 0.29) is 12.6 Å². The highest BCUT2D eigenvalue weighted by Crippen LogP contribution is 2.32. The molecule has 5 rings (SSSR count). The third-order valence-electron chi connectivity index (χ3n) is 8.35. The van der Waals surface area contributed by atoms with Crippen LogP contribution < -0.4 is 15.1 Å². The Morgan fingerprint density at radius 3 is 2.50 bits per heavy atom. The molecule has 2 aliphatic rings. The first-order chi connectivity index (χ1) is 19.4. The number of benzene rings is 2. The molecule has 0 spiro atoms. The van der Waals surface area contributed by atoms with Crippen molar-refractivity contribution in [2.24, 2.45) is 0 Å². The summed E-state index contributed by atoms with van der Waals surface area (Å²) in [6.07, 6.45) is 1.18. The van der Waals surface area contributed by atoms with E-state index in [4.69, 9.17) is 0 Å². The number of aliphatic hydroxyl groups excluding tert-OH is 2. The fraction of sp³-hybridized carbons (Fsp3) is 0.438. The minimum absolute atomic E-state index is 0.00390. The zero-order valence-electron chi connectivity index (χ0n) is 23.7. The van der Waals surface area contributed by atoms with Crippen molar-refractivity contribution in [2.45, 2.75) is 51.9 Å². The minimum atomic E-state index is -0.757. The van der Waals surface area contributed by atoms with Crippen molar-refractivity contribution in [3.63, 3.8) is 0 Å². The van der Waals surface area contributed by atoms with Crippen LogP contribution in [0.3, 0.4) is 0 Å². The second-order valence-electron chi connectivity index (χ2n) is 11.1. The average Bonchev–Trinajstić information content (AvgIpc) is 2.98. The van der Waals surface area contributed by atoms with Gasteiger partial charge in [0.15, 0.2) is 0 Å². The smallest absolute Gasteiger partial charge is 0.134 e. The van der Waals surface area contributed by atoms with Crippen LogP contribution in [0.25, 0.3) is 0 Å². The summed E-state index contributed by atoms with van der Waals surface area (Å²) < 4.78 is 0. The van der Waals surface area contributed by atoms with Crippen LogP contribution in [-0.2, 0) is 0 Å². The van der Waals surface area contributed by atoms with Gasteiger partial charge in [-0.3, -0.25) is 4.90 Å². The van der Waals surface area contributed by atoms with E-state index in [0.29, 0.717) is 25.7 Å². The largest absolute Gasteiger partial charge is 0.394 e. The van der Waals surface area contributed by atoms with E-state index in [9.17, 15) is 15.5 Å². The lowest BCUT2D eigenvalue weighted by Crippen LogP contribution is -2.56. The van der Waals surface area contributed by atoms with Crippen molar-refractivity contribution in [3.05, 3.63) is 82.5 Å². The molecule has 0 bridgehead atoms. The van der Waals surface area contributed by atoms with Gasteiger partial charge in [0.25, 0.3) is 0 Å². The molecule has 0 aliphatic carbocycles. The number of piperidine rings is 1. The molecule has 2 fully saturated rings. The Balaban J connectivity index is 1.25. The summed E-state index contributed by atoms with van der Waals surface area (Å²) >= 11 is 0. The van der Waals surface area contributed by atoms with Crippen molar-refractivity contribution >= 4 is 17.2 Å². The Morgan fingerprint density at radius 1 is 1.00 bits per heavy atom. The third-order valence-corrected chi connectivity index (χ3v) is 8.35. The molecule has 8 nitrogen and oxygen atoms in total. The predicted molar refractivity (Wildman–Crippen MR) is 160 cm³/mol. The molecule has 0 saturated carbocycles. The summed E-state index contributed by atoms with van der Waals surface area (Å²) in [5, 5.41) is 35.0. The maximum Gasteiger partial charge on any atom is 0.134 e. The van der Waals surface area contributed by atoms with Crippen molar-refractivity contribution in [1.29, 1.82) is 5.26 Å². The first kappa shape index (κ1) is 27.9. The van der Waals surface area contributed by atoms with Gasteiger partial charge in [-0.2, -0.15) is 5.26 Å². The molecular formula is C32H40N6O2. The lowest BCUT2D eigenvalue weighted by atomic mass is 9.98. The number of aryl methyl sites for hydroxylation is 3. The van der Waals surface area contributed by atoms with Gasteiger partial charge in [0.1, 0.15) is 18.1 Å². The standard InChI is InChI=1S/C32H40N6O2/c1-22-17-23(2)29(35-26-11-13-36(14-12-26)30-9-5-4-8-25(30)19-33)18-28(22)32(40)37-15-16-38(27(20-37)21-39)31-10-6-7-24(3)34-31/h4-10,17-18,26-27,32,35,39-40H,11-16,20-21H2,1-3H3. The first-order valence-corrected chi connectivity index (χ1v) is 14.2. The number of pyridine rings is 1. The molecule has 1 aromatic heterocycles. The second kappa shape index (κ2) is 12.3. The molecule has 2 aliphatic heterocycles. The fourth-order valence-corrected chi connectivity index (χ4v) is 6.08. The zero-order chi connectivity index (χ0) is 28.2. The van der Waals surface area contributed by atoms with Gasteiger partial charge in [-0.15, -0.1) is 0 Å². The highest BCUT2D eigenvalue weighted by atomic mass is 16.3. The Bertz CT molecular complexity index is 1360. The van der Waals surface area contributed by atoms with E-state index < -0.39 is 6.23 Å². The summed E-state index contributed by atoms with van der Waals surface area (Å²) in [4.78, 5) is 11.2. The Kier molecular flexibility index (Phi) is 8.55. The van der Waals surface area contributed by atoms with E-state index in [1.54, 1.807) is 0 Å². The molecule has 2 saturated heterocycles. The highest BCUT2D eigenvalue weighted by Gasteiger charge is 2.32. The summed E-state index contributed by atoms with van der Waals surface area (Å²) in [7, 11) is 0. The zero-order valence-corrected chi connectivity index (χ0v) is 23.7. The van der Waals surface area contributed by atoms with Crippen molar-refractivity contribution in [2.75, 3.05) is 54.4 Å². The van der Waals surface area contributed by atoms with Crippen LogP contribution in [0.15, 0.2) is 54.6 Å². The highest BCUT2D eigenvalue weighted by molar-refractivity contribution is 5.60. The van der Waals surface area contributed by atoms with Crippen molar-refractivity contribution < 1.29 is 10.2 Å². The Labute approximate surface area is 237 Å². The average molecular weight is 541 g/mol. The molecule has 2 aromatic carbocycles. The monoisotopic (exact) mass is 540 g/mol. The van der Waals surface area contributed by atoms with Crippen molar-refractivity contribution in [1.82, 2.24) is 9.88 Å². The van der Waals surface area contributed by atoms with Crippen LogP contribution in [0.5, 0.6) is 0 Å². The Hall–Kier alpha value is -3.64. The summed E-state index contributed by atoms with van der Waals surface area (Å²) in [5.41, 5.74) is 6.85. The number of nitrogens with zero attached hydrogens (tertiary/aromatic N) is 5. The van der Waals surface area contributed by atoms with E-state index in [1.165, 1.54) is 0 Å². The normalized spacial score (nSPS) is 19.4. The molecule has 210 valence electrons. The van der Waals surface area contributed by atoms with Gasteiger partial charge in [0, 0.05) is 55.7 Å². The molecular weight excluding hydrogens is 500 g/mol. The summed E-state index contributed by atoms with van der Waals surface area (Å²) in [5.74, 6) is 0.869. The second-order valence-corrected chi connectivity index (χ2v) is 11.1. The molecule has 3 N–H and O–H groups in total. The van der Waals surface area contributed by atoms with E-state index in [0.717, 1.165) is 71.1 Å². The number of rotatable bonds is 7. The van der Waals surface area contributed by atoms with Gasteiger partial charge in [-0.25, -0.2) is 4.98 Å². The topological polar surface area (TPSA) is 98.9 Å². The molecule has 3 heterocycles. The van der Waals surface area contributed by atoms with E-state index in [1.807, 2.05) is 49.4 Å². The lowest BCUT2D eigenvalue weighted by Gasteiger charge is -2.43. The minimum Gasteiger partial charge on any atom is -0.394 e. The summed E-state index contributed by atoms with van der Waals surface area (Å²) in [6, 6.07) is 20.5. The van der Waals surface area contributed by atoms with Crippen LogP contribution in [0.4, 0.5) is 17.2 Å². The molecule has 0 radical (unpaired) electrons. The van der Waals surface area contributed by atoms with Gasteiger partial charge in [-0.05, 0) is 75.1 Å². The number of aliphatic hydroxyl groups is 2. The summed E-state index contributed by atoms with van der Waals surface area (Å²) in [6.45, 7) is 9.81. The molecule has 40 heavy (non-hydrogen) atoms. The number of hydrogen-bond acceptors (Lipinski definition) is 8. The first-order valence-electron chi connectivity index (χ1n) is 14.2. The molecule has 8 heteroatoms. The van der Waals surface area contributed by atoms with Gasteiger partial charge < -0.3 is 25.3 Å². The predicted octanol–water partition coefficient (Wildman–Crippen LogP) is 4.13. The maximum absolute atomic E-state index is 11.5. The third kappa shape index (κ3) is 5.92. The molecule has 2 unspecified atom stereocenters. The molecule has 2 atom stereocenters. The quantitative estimate of drug-likeness (QED) is 0.412. The molecule has 3 aromatic rings. The number of hydrogen-bond donors (Lipinski definition) is 3. The van der Waals surface area contributed by atoms with Gasteiger partial charge in [0.05, 0.1) is 23.9 Å². The maximum atomic E-state index is 11.5.